The minimum atomic E-state index is -0.315. The molecule has 0 saturated heterocycles. The van der Waals surface area contributed by atoms with Crippen LogP contribution in [0.2, 0.25) is 0 Å². The van der Waals surface area contributed by atoms with Gasteiger partial charge in [0.05, 0.1) is 12.6 Å². The van der Waals surface area contributed by atoms with Gasteiger partial charge in [-0.1, -0.05) is 6.07 Å². The van der Waals surface area contributed by atoms with Gasteiger partial charge in [-0.15, -0.1) is 0 Å². The van der Waals surface area contributed by atoms with Gasteiger partial charge in [-0.2, -0.15) is 0 Å². The lowest BCUT2D eigenvalue weighted by Crippen LogP contribution is -2.39. The quantitative estimate of drug-likeness (QED) is 0.799. The van der Waals surface area contributed by atoms with Gasteiger partial charge >= 0.3 is 0 Å². The summed E-state index contributed by atoms with van der Waals surface area (Å²) >= 11 is 0. The van der Waals surface area contributed by atoms with Gasteiger partial charge in [0.1, 0.15) is 18.8 Å². The molecule has 0 aromatic heterocycles. The summed E-state index contributed by atoms with van der Waals surface area (Å²) in [6.07, 6.45) is 0.909. The van der Waals surface area contributed by atoms with Crippen molar-refractivity contribution in [2.45, 2.75) is 19.9 Å². The van der Waals surface area contributed by atoms with Crippen molar-refractivity contribution in [2.75, 3.05) is 19.9 Å². The van der Waals surface area contributed by atoms with Crippen molar-refractivity contribution in [1.82, 2.24) is 4.90 Å². The summed E-state index contributed by atoms with van der Waals surface area (Å²) in [6, 6.07) is 3.65. The number of hydrogen-bond acceptors (Lipinski definition) is 4. The molecule has 1 N–H and O–H groups in total. The number of nitrogens with zero attached hydrogens (tertiary/aromatic N) is 1. The number of carbonyl (C=O) groups is 1. The second kappa shape index (κ2) is 4.85. The van der Waals surface area contributed by atoms with E-state index in [0.717, 1.165) is 28.7 Å². The van der Waals surface area contributed by atoms with Crippen LogP contribution in [-0.4, -0.2) is 36.2 Å². The van der Waals surface area contributed by atoms with Crippen molar-refractivity contribution in [3.05, 3.63) is 28.8 Å². The van der Waals surface area contributed by atoms with Crippen LogP contribution in [0.25, 0.3) is 0 Å². The van der Waals surface area contributed by atoms with Gasteiger partial charge in [0.25, 0.3) is 0 Å². The number of hydrogen-bond donors (Lipinski definition) is 1. The van der Waals surface area contributed by atoms with Crippen molar-refractivity contribution < 1.29 is 14.6 Å². The molecule has 92 valence electrons. The number of carbonyl (C=O) groups excluding carboxylic acids is 1. The minimum Gasteiger partial charge on any atom is -0.478 e. The Hall–Kier alpha value is -1.39. The van der Waals surface area contributed by atoms with E-state index < -0.39 is 0 Å². The molecule has 1 aliphatic rings. The predicted octanol–water partition coefficient (Wildman–Crippen LogP) is 1.19. The van der Waals surface area contributed by atoms with Crippen molar-refractivity contribution in [3.8, 4) is 5.75 Å². The van der Waals surface area contributed by atoms with Crippen LogP contribution in [-0.2, 0) is 4.79 Å². The Labute approximate surface area is 101 Å². The average molecular weight is 235 g/mol. The van der Waals surface area contributed by atoms with E-state index in [1.165, 1.54) is 0 Å². The van der Waals surface area contributed by atoms with Gasteiger partial charge in [0, 0.05) is 12.1 Å². The van der Waals surface area contributed by atoms with E-state index in [0.29, 0.717) is 13.3 Å². The van der Waals surface area contributed by atoms with Crippen molar-refractivity contribution in [2.24, 2.45) is 0 Å². The van der Waals surface area contributed by atoms with Gasteiger partial charge < -0.3 is 14.6 Å². The van der Waals surface area contributed by atoms with Gasteiger partial charge in [0.15, 0.2) is 0 Å². The molecule has 1 atom stereocenters. The van der Waals surface area contributed by atoms with Crippen molar-refractivity contribution >= 4 is 6.29 Å². The van der Waals surface area contributed by atoms with E-state index in [-0.39, 0.29) is 12.6 Å². The molecule has 4 heteroatoms. The van der Waals surface area contributed by atoms with E-state index >= 15 is 0 Å². The SMILES string of the molecule is Cc1cc2c(cc1C)C(C=O)N(CCO)CO2. The summed E-state index contributed by atoms with van der Waals surface area (Å²) in [7, 11) is 0. The molecule has 0 aliphatic carbocycles. The Morgan fingerprint density at radius 1 is 1.47 bits per heavy atom. The first-order valence-corrected chi connectivity index (χ1v) is 5.71. The van der Waals surface area contributed by atoms with Gasteiger partial charge in [-0.25, -0.2) is 0 Å². The highest BCUT2D eigenvalue weighted by molar-refractivity contribution is 5.65. The molecule has 0 spiro atoms. The molecule has 0 amide bonds. The lowest BCUT2D eigenvalue weighted by atomic mass is 9.98. The molecule has 2 rings (SSSR count). The highest BCUT2D eigenvalue weighted by Crippen LogP contribution is 2.34. The maximum atomic E-state index is 11.2. The summed E-state index contributed by atoms with van der Waals surface area (Å²) in [4.78, 5) is 13.0. The van der Waals surface area contributed by atoms with Crippen LogP contribution in [0.1, 0.15) is 22.7 Å². The summed E-state index contributed by atoms with van der Waals surface area (Å²) in [5, 5.41) is 8.97. The maximum absolute atomic E-state index is 11.2. The van der Waals surface area contributed by atoms with Crippen molar-refractivity contribution in [1.29, 1.82) is 0 Å². The van der Waals surface area contributed by atoms with E-state index in [4.69, 9.17) is 9.84 Å². The Kier molecular flexibility index (Phi) is 3.45. The van der Waals surface area contributed by atoms with Gasteiger partial charge in [-0.05, 0) is 31.0 Å². The van der Waals surface area contributed by atoms with Crippen LogP contribution in [0, 0.1) is 13.8 Å². The molecule has 0 saturated carbocycles. The number of aryl methyl sites for hydroxylation is 2. The first kappa shape index (κ1) is 12.1. The zero-order valence-electron chi connectivity index (χ0n) is 10.1. The average Bonchev–Trinajstić information content (AvgIpc) is 2.31. The highest BCUT2D eigenvalue weighted by Gasteiger charge is 2.28. The monoisotopic (exact) mass is 235 g/mol. The molecule has 1 unspecified atom stereocenters. The molecular formula is C13H17NO3. The fourth-order valence-electron chi connectivity index (χ4n) is 2.09. The Morgan fingerprint density at radius 3 is 2.82 bits per heavy atom. The van der Waals surface area contributed by atoms with Crippen LogP contribution in [0.5, 0.6) is 5.75 Å². The number of rotatable bonds is 3. The molecule has 0 radical (unpaired) electrons. The van der Waals surface area contributed by atoms with Crippen LogP contribution < -0.4 is 4.74 Å². The second-order valence-corrected chi connectivity index (χ2v) is 4.36. The zero-order valence-corrected chi connectivity index (χ0v) is 10.1. The molecular weight excluding hydrogens is 218 g/mol. The third-order valence-corrected chi connectivity index (χ3v) is 3.24. The third kappa shape index (κ3) is 2.18. The van der Waals surface area contributed by atoms with Gasteiger partial charge in [0.2, 0.25) is 0 Å². The van der Waals surface area contributed by atoms with E-state index in [1.54, 1.807) is 0 Å². The van der Waals surface area contributed by atoms with Crippen LogP contribution >= 0.6 is 0 Å². The number of aliphatic hydroxyl groups is 1. The standard InChI is InChI=1S/C13H17NO3/c1-9-5-11-12(7-16)14(3-4-15)8-17-13(11)6-10(9)2/h5-7,12,15H,3-4,8H2,1-2H3. The van der Waals surface area contributed by atoms with Crippen LogP contribution in [0.15, 0.2) is 12.1 Å². The zero-order chi connectivity index (χ0) is 12.4. The molecule has 1 aromatic rings. The molecule has 4 nitrogen and oxygen atoms in total. The number of aliphatic hydroxyl groups excluding tert-OH is 1. The molecule has 1 aromatic carbocycles. The molecule has 0 bridgehead atoms. The third-order valence-electron chi connectivity index (χ3n) is 3.24. The van der Waals surface area contributed by atoms with Crippen LogP contribution in [0.4, 0.5) is 0 Å². The fraction of sp³-hybridized carbons (Fsp3) is 0.462. The van der Waals surface area contributed by atoms with E-state index in [9.17, 15) is 4.79 Å². The maximum Gasteiger partial charge on any atom is 0.143 e. The van der Waals surface area contributed by atoms with E-state index in [2.05, 4.69) is 0 Å². The normalized spacial score (nSPS) is 19.6. The molecule has 17 heavy (non-hydrogen) atoms. The summed E-state index contributed by atoms with van der Waals surface area (Å²) in [5.41, 5.74) is 3.19. The first-order chi connectivity index (χ1) is 8.17. The summed E-state index contributed by atoms with van der Waals surface area (Å²) in [6.45, 7) is 4.85. The lowest BCUT2D eigenvalue weighted by molar-refractivity contribution is -0.115. The lowest BCUT2D eigenvalue weighted by Gasteiger charge is -2.34. The number of ether oxygens (including phenoxy) is 1. The summed E-state index contributed by atoms with van der Waals surface area (Å²) < 4.78 is 5.61. The topological polar surface area (TPSA) is 49.8 Å². The second-order valence-electron chi connectivity index (χ2n) is 4.36. The molecule has 1 aliphatic heterocycles. The van der Waals surface area contributed by atoms with Crippen molar-refractivity contribution in [3.63, 3.8) is 0 Å². The number of benzene rings is 1. The smallest absolute Gasteiger partial charge is 0.143 e. The highest BCUT2D eigenvalue weighted by atomic mass is 16.5. The first-order valence-electron chi connectivity index (χ1n) is 5.71. The fourth-order valence-corrected chi connectivity index (χ4v) is 2.09. The number of fused-ring (bicyclic) bond motifs is 1. The number of β-amino-alcohol motifs (C(OH)–C–C–N with tert-alkyl or cyclic N) is 1. The Bertz CT molecular complexity index is 431. The molecule has 0 fully saturated rings. The summed E-state index contributed by atoms with van der Waals surface area (Å²) in [5.74, 6) is 0.777. The Morgan fingerprint density at radius 2 is 2.18 bits per heavy atom. The van der Waals surface area contributed by atoms with E-state index in [1.807, 2.05) is 30.9 Å². The molecule has 1 heterocycles. The Balaban J connectivity index is 2.40. The van der Waals surface area contributed by atoms with Crippen LogP contribution in [0.3, 0.4) is 0 Å². The minimum absolute atomic E-state index is 0.0217. The largest absolute Gasteiger partial charge is 0.478 e. The number of aldehydes is 1. The van der Waals surface area contributed by atoms with Gasteiger partial charge in [-0.3, -0.25) is 4.90 Å². The predicted molar refractivity (Wildman–Crippen MR) is 64.0 cm³/mol.